The summed E-state index contributed by atoms with van der Waals surface area (Å²) in [4.78, 5) is 11.8. The van der Waals surface area contributed by atoms with Gasteiger partial charge in [0.1, 0.15) is 18.3 Å². The predicted molar refractivity (Wildman–Crippen MR) is 97.1 cm³/mol. The summed E-state index contributed by atoms with van der Waals surface area (Å²) in [6, 6.07) is 0. The van der Waals surface area contributed by atoms with Crippen molar-refractivity contribution in [3.05, 3.63) is 0 Å². The fourth-order valence-electron chi connectivity index (χ4n) is 2.40. The summed E-state index contributed by atoms with van der Waals surface area (Å²) >= 11 is 0. The van der Waals surface area contributed by atoms with Gasteiger partial charge in [-0.05, 0) is 6.42 Å². The van der Waals surface area contributed by atoms with Crippen LogP contribution < -0.4 is 5.32 Å². The van der Waals surface area contributed by atoms with Crippen LogP contribution in [0.1, 0.15) is 58.3 Å². The van der Waals surface area contributed by atoms with Crippen molar-refractivity contribution in [3.63, 3.8) is 0 Å². The Kier molecular flexibility index (Phi) is 13.8. The highest BCUT2D eigenvalue weighted by Crippen LogP contribution is 2.09. The van der Waals surface area contributed by atoms with Crippen LogP contribution in [0.5, 0.6) is 0 Å². The van der Waals surface area contributed by atoms with E-state index in [1.165, 1.54) is 25.7 Å². The highest BCUT2D eigenvalue weighted by atomic mass is 32.3. The summed E-state index contributed by atoms with van der Waals surface area (Å²) in [5.74, 6) is -0.924. The van der Waals surface area contributed by atoms with Crippen molar-refractivity contribution < 1.29 is 42.4 Å². The quantitative estimate of drug-likeness (QED) is 0.143. The first-order chi connectivity index (χ1) is 12.6. The molecule has 0 rings (SSSR count). The molecule has 0 radical (unpaired) electrons. The van der Waals surface area contributed by atoms with Crippen LogP contribution in [0.3, 0.4) is 0 Å². The van der Waals surface area contributed by atoms with E-state index in [-0.39, 0.29) is 0 Å². The molecule has 0 aliphatic heterocycles. The van der Waals surface area contributed by atoms with Crippen molar-refractivity contribution in [2.75, 3.05) is 13.2 Å². The number of unbranched alkanes of at least 4 members (excludes halogenated alkanes) is 7. The van der Waals surface area contributed by atoms with Gasteiger partial charge in [0, 0.05) is 6.54 Å². The molecule has 6 N–H and O–H groups in total. The maximum absolute atomic E-state index is 11.8. The van der Waals surface area contributed by atoms with Crippen molar-refractivity contribution in [1.82, 2.24) is 5.32 Å². The summed E-state index contributed by atoms with van der Waals surface area (Å²) in [6.45, 7) is 1.40. The van der Waals surface area contributed by atoms with Crippen LogP contribution in [-0.2, 0) is 19.4 Å². The molecule has 0 aromatic heterocycles. The molecule has 0 saturated carbocycles. The Morgan fingerprint density at radius 3 is 1.96 bits per heavy atom. The molecule has 0 spiro atoms. The second-order valence-corrected chi connectivity index (χ2v) is 7.56. The Morgan fingerprint density at radius 2 is 1.44 bits per heavy atom. The largest absolute Gasteiger partial charge is 0.397 e. The number of aliphatic hydroxyl groups is 4. The maximum Gasteiger partial charge on any atom is 0.397 e. The van der Waals surface area contributed by atoms with Gasteiger partial charge in [0.05, 0.1) is 6.61 Å². The van der Waals surface area contributed by atoms with Gasteiger partial charge in [0.15, 0.2) is 6.10 Å². The third-order valence-corrected chi connectivity index (χ3v) is 4.49. The predicted octanol–water partition coefficient (Wildman–Crippen LogP) is -0.494. The van der Waals surface area contributed by atoms with Crippen LogP contribution in [0.2, 0.25) is 0 Å². The number of nitrogens with one attached hydrogen (secondary N) is 1. The molecule has 4 atom stereocenters. The van der Waals surface area contributed by atoms with Crippen molar-refractivity contribution in [3.8, 4) is 0 Å². The molecule has 0 aromatic rings. The molecule has 27 heavy (non-hydrogen) atoms. The second kappa shape index (κ2) is 14.2. The topological polar surface area (TPSA) is 174 Å². The minimum atomic E-state index is -4.84. The highest BCUT2D eigenvalue weighted by molar-refractivity contribution is 7.80. The fraction of sp³-hybridized carbons (Fsp3) is 0.938. The Hall–Kier alpha value is -0.820. The molecule has 11 heteroatoms. The molecule has 0 fully saturated rings. The van der Waals surface area contributed by atoms with Crippen LogP contribution in [0.25, 0.3) is 0 Å². The highest BCUT2D eigenvalue weighted by Gasteiger charge is 2.34. The van der Waals surface area contributed by atoms with E-state index in [0.29, 0.717) is 13.0 Å². The lowest BCUT2D eigenvalue weighted by Crippen LogP contribution is -2.52. The minimum absolute atomic E-state index is 0.294. The van der Waals surface area contributed by atoms with Gasteiger partial charge in [-0.25, -0.2) is 4.18 Å². The van der Waals surface area contributed by atoms with Crippen LogP contribution in [-0.4, -0.2) is 76.9 Å². The normalized spacial score (nSPS) is 16.5. The molecule has 0 unspecified atom stereocenters. The number of amides is 1. The van der Waals surface area contributed by atoms with Gasteiger partial charge < -0.3 is 25.7 Å². The number of hydrogen-bond donors (Lipinski definition) is 6. The average Bonchev–Trinajstić information content (AvgIpc) is 2.62. The first-order valence-electron chi connectivity index (χ1n) is 9.22. The lowest BCUT2D eigenvalue weighted by atomic mass is 10.0. The van der Waals surface area contributed by atoms with Gasteiger partial charge in [-0.3, -0.25) is 9.35 Å². The Bertz CT molecular complexity index is 500. The maximum atomic E-state index is 11.8. The number of aliphatic hydroxyl groups excluding tert-OH is 4. The van der Waals surface area contributed by atoms with E-state index in [1.54, 1.807) is 0 Å². The molecule has 0 heterocycles. The summed E-state index contributed by atoms with van der Waals surface area (Å²) in [5, 5.41) is 41.0. The Balaban J connectivity index is 4.03. The van der Waals surface area contributed by atoms with Gasteiger partial charge in [-0.1, -0.05) is 51.9 Å². The summed E-state index contributed by atoms with van der Waals surface area (Å²) in [5.41, 5.74) is 0. The van der Waals surface area contributed by atoms with Gasteiger partial charge in [-0.2, -0.15) is 8.42 Å². The summed E-state index contributed by atoms with van der Waals surface area (Å²) < 4.78 is 33.0. The third-order valence-electron chi connectivity index (χ3n) is 4.05. The van der Waals surface area contributed by atoms with Crippen molar-refractivity contribution in [2.24, 2.45) is 0 Å². The van der Waals surface area contributed by atoms with Gasteiger partial charge in [0.2, 0.25) is 0 Å². The fourth-order valence-corrected chi connectivity index (χ4v) is 2.71. The summed E-state index contributed by atoms with van der Waals surface area (Å²) in [7, 11) is -4.84. The van der Waals surface area contributed by atoms with Gasteiger partial charge >= 0.3 is 10.4 Å². The zero-order valence-corrected chi connectivity index (χ0v) is 16.5. The number of rotatable bonds is 16. The molecule has 0 aromatic carbocycles. The van der Waals surface area contributed by atoms with E-state index in [0.717, 1.165) is 19.3 Å². The Morgan fingerprint density at radius 1 is 0.926 bits per heavy atom. The minimum Gasteiger partial charge on any atom is -0.388 e. The van der Waals surface area contributed by atoms with E-state index in [9.17, 15) is 33.6 Å². The van der Waals surface area contributed by atoms with E-state index in [2.05, 4.69) is 16.4 Å². The third kappa shape index (κ3) is 13.1. The average molecular weight is 416 g/mol. The number of carbonyl (C=O) groups excluding carboxylic acids is 1. The van der Waals surface area contributed by atoms with E-state index in [4.69, 9.17) is 4.55 Å². The smallest absolute Gasteiger partial charge is 0.388 e. The number of hydrogen-bond acceptors (Lipinski definition) is 8. The van der Waals surface area contributed by atoms with Gasteiger partial charge in [-0.15, -0.1) is 0 Å². The SMILES string of the molecule is CCCCCCCCCCNC(=O)[C@H](O)[C@@H](O)[C@H](O)[C@H](O)COS(=O)(=O)O. The van der Waals surface area contributed by atoms with Crippen molar-refractivity contribution in [1.29, 1.82) is 0 Å². The lowest BCUT2D eigenvalue weighted by molar-refractivity contribution is -0.148. The molecule has 10 nitrogen and oxygen atoms in total. The zero-order valence-electron chi connectivity index (χ0n) is 15.7. The standard InChI is InChI=1S/C16H33NO9S/c1-2-3-4-5-6-7-8-9-10-17-16(22)15(21)14(20)13(19)12(18)11-26-27(23,24)25/h12-15,18-21H,2-11H2,1H3,(H,17,22)(H,23,24,25)/t12-,13-,14+,15-/m1/s1. The van der Waals surface area contributed by atoms with Crippen LogP contribution >= 0.6 is 0 Å². The van der Waals surface area contributed by atoms with Crippen LogP contribution in [0, 0.1) is 0 Å². The molecule has 0 aliphatic rings. The molecular weight excluding hydrogens is 382 g/mol. The van der Waals surface area contributed by atoms with E-state index in [1.807, 2.05) is 0 Å². The first kappa shape index (κ1) is 26.2. The second-order valence-electron chi connectivity index (χ2n) is 6.47. The van der Waals surface area contributed by atoms with E-state index < -0.39 is 47.3 Å². The molecular formula is C16H33NO9S. The zero-order chi connectivity index (χ0) is 20.9. The van der Waals surface area contributed by atoms with Crippen molar-refractivity contribution >= 4 is 16.3 Å². The number of carbonyl (C=O) groups is 1. The van der Waals surface area contributed by atoms with Crippen molar-refractivity contribution in [2.45, 2.75) is 82.7 Å². The first-order valence-corrected chi connectivity index (χ1v) is 10.6. The molecule has 0 aliphatic carbocycles. The van der Waals surface area contributed by atoms with E-state index >= 15 is 0 Å². The van der Waals surface area contributed by atoms with Gasteiger partial charge in [0.25, 0.3) is 5.91 Å². The van der Waals surface area contributed by atoms with Crippen LogP contribution in [0.4, 0.5) is 0 Å². The molecule has 0 bridgehead atoms. The molecule has 1 amide bonds. The molecule has 162 valence electrons. The van der Waals surface area contributed by atoms with Crippen LogP contribution in [0.15, 0.2) is 0 Å². The molecule has 0 saturated heterocycles. The summed E-state index contributed by atoms with van der Waals surface area (Å²) in [6.07, 6.45) is 0.542. The lowest BCUT2D eigenvalue weighted by Gasteiger charge is -2.25. The monoisotopic (exact) mass is 415 g/mol. The Labute approximate surface area is 160 Å².